The van der Waals surface area contributed by atoms with Gasteiger partial charge in [-0.1, -0.05) is 13.8 Å². The molecule has 1 fully saturated rings. The Morgan fingerprint density at radius 2 is 2.12 bits per heavy atom. The fourth-order valence-electron chi connectivity index (χ4n) is 2.88. The molecule has 0 radical (unpaired) electrons. The summed E-state index contributed by atoms with van der Waals surface area (Å²) in [5.74, 6) is 0.577. The standard InChI is InChI=1S/C13H20N2O2/c1-10(2)11-3-5-13(6-4-11,12(16)17)15-8-7-14-9-15/h7-11H,3-6H2,1-2H3,(H,16,17). The summed E-state index contributed by atoms with van der Waals surface area (Å²) >= 11 is 0. The number of hydrogen-bond donors (Lipinski definition) is 1. The number of carbonyl (C=O) groups is 1. The van der Waals surface area contributed by atoms with Crippen LogP contribution in [0, 0.1) is 11.8 Å². The zero-order chi connectivity index (χ0) is 12.5. The van der Waals surface area contributed by atoms with E-state index in [2.05, 4.69) is 18.8 Å². The number of nitrogens with zero attached hydrogens (tertiary/aromatic N) is 2. The molecule has 0 atom stereocenters. The van der Waals surface area contributed by atoms with E-state index in [0.29, 0.717) is 24.7 Å². The van der Waals surface area contributed by atoms with E-state index < -0.39 is 11.5 Å². The van der Waals surface area contributed by atoms with Crippen LogP contribution >= 0.6 is 0 Å². The van der Waals surface area contributed by atoms with Gasteiger partial charge in [-0.25, -0.2) is 9.78 Å². The smallest absolute Gasteiger partial charge is 0.329 e. The summed E-state index contributed by atoms with van der Waals surface area (Å²) in [6, 6.07) is 0. The van der Waals surface area contributed by atoms with E-state index in [0.717, 1.165) is 12.8 Å². The highest BCUT2D eigenvalue weighted by molar-refractivity contribution is 5.76. The lowest BCUT2D eigenvalue weighted by atomic mass is 9.72. The second kappa shape index (κ2) is 4.51. The fourth-order valence-corrected chi connectivity index (χ4v) is 2.88. The van der Waals surface area contributed by atoms with Gasteiger partial charge in [-0.3, -0.25) is 0 Å². The number of carboxylic acid groups (broad SMARTS) is 1. The van der Waals surface area contributed by atoms with Crippen LogP contribution in [0.5, 0.6) is 0 Å². The Balaban J connectivity index is 2.20. The summed E-state index contributed by atoms with van der Waals surface area (Å²) in [7, 11) is 0. The molecular weight excluding hydrogens is 216 g/mol. The molecule has 0 spiro atoms. The zero-order valence-corrected chi connectivity index (χ0v) is 10.5. The Kier molecular flexibility index (Phi) is 3.22. The Hall–Kier alpha value is -1.32. The van der Waals surface area contributed by atoms with Crippen molar-refractivity contribution in [1.29, 1.82) is 0 Å². The van der Waals surface area contributed by atoms with Gasteiger partial charge in [0.25, 0.3) is 0 Å². The Morgan fingerprint density at radius 3 is 2.53 bits per heavy atom. The Labute approximate surface area is 102 Å². The first-order chi connectivity index (χ1) is 8.06. The van der Waals surface area contributed by atoms with Gasteiger partial charge in [-0.05, 0) is 37.5 Å². The summed E-state index contributed by atoms with van der Waals surface area (Å²) in [6.45, 7) is 4.44. The van der Waals surface area contributed by atoms with Gasteiger partial charge >= 0.3 is 5.97 Å². The molecule has 0 unspecified atom stereocenters. The molecule has 0 bridgehead atoms. The average molecular weight is 236 g/mol. The van der Waals surface area contributed by atoms with Crippen LogP contribution < -0.4 is 0 Å². The van der Waals surface area contributed by atoms with E-state index in [1.165, 1.54) is 0 Å². The first-order valence-corrected chi connectivity index (χ1v) is 6.28. The van der Waals surface area contributed by atoms with Crippen molar-refractivity contribution in [3.05, 3.63) is 18.7 Å². The molecule has 94 valence electrons. The van der Waals surface area contributed by atoms with Gasteiger partial charge in [0, 0.05) is 12.4 Å². The van der Waals surface area contributed by atoms with Gasteiger partial charge in [0.1, 0.15) is 5.54 Å². The molecule has 1 heterocycles. The van der Waals surface area contributed by atoms with Gasteiger partial charge in [-0.2, -0.15) is 0 Å². The highest BCUT2D eigenvalue weighted by Crippen LogP contribution is 2.40. The maximum absolute atomic E-state index is 11.6. The number of carboxylic acids is 1. The van der Waals surface area contributed by atoms with Crippen molar-refractivity contribution in [3.63, 3.8) is 0 Å². The molecule has 1 saturated carbocycles. The van der Waals surface area contributed by atoms with E-state index in [4.69, 9.17) is 0 Å². The third-order valence-electron chi connectivity index (χ3n) is 4.20. The first-order valence-electron chi connectivity index (χ1n) is 6.28. The molecule has 1 aromatic heterocycles. The molecule has 0 aromatic carbocycles. The SMILES string of the molecule is CC(C)C1CCC(C(=O)O)(n2ccnc2)CC1. The number of aromatic nitrogens is 2. The molecule has 4 nitrogen and oxygen atoms in total. The van der Waals surface area contributed by atoms with Crippen molar-refractivity contribution >= 4 is 5.97 Å². The number of rotatable bonds is 3. The van der Waals surface area contributed by atoms with Crippen molar-refractivity contribution in [2.75, 3.05) is 0 Å². The summed E-state index contributed by atoms with van der Waals surface area (Å²) in [5.41, 5.74) is -0.762. The summed E-state index contributed by atoms with van der Waals surface area (Å²) in [6.07, 6.45) is 8.44. The van der Waals surface area contributed by atoms with Crippen LogP contribution in [-0.2, 0) is 10.3 Å². The topological polar surface area (TPSA) is 55.1 Å². The van der Waals surface area contributed by atoms with Crippen LogP contribution in [0.25, 0.3) is 0 Å². The quantitative estimate of drug-likeness (QED) is 0.877. The molecule has 0 aliphatic heterocycles. The number of hydrogen-bond acceptors (Lipinski definition) is 2. The predicted molar refractivity (Wildman–Crippen MR) is 64.6 cm³/mol. The van der Waals surface area contributed by atoms with Crippen LogP contribution in [0.2, 0.25) is 0 Å². The van der Waals surface area contributed by atoms with Gasteiger partial charge in [-0.15, -0.1) is 0 Å². The average Bonchev–Trinajstić information content (AvgIpc) is 2.82. The van der Waals surface area contributed by atoms with Crippen molar-refractivity contribution in [2.24, 2.45) is 11.8 Å². The van der Waals surface area contributed by atoms with E-state index in [1.54, 1.807) is 23.3 Å². The lowest BCUT2D eigenvalue weighted by Gasteiger charge is -2.39. The van der Waals surface area contributed by atoms with Crippen LogP contribution in [0.4, 0.5) is 0 Å². The molecule has 1 aliphatic carbocycles. The summed E-state index contributed by atoms with van der Waals surface area (Å²) in [5, 5.41) is 9.54. The normalized spacial score (nSPS) is 29.5. The molecule has 4 heteroatoms. The minimum atomic E-state index is -0.762. The number of imidazole rings is 1. The first kappa shape index (κ1) is 12.1. The highest BCUT2D eigenvalue weighted by Gasteiger charge is 2.43. The van der Waals surface area contributed by atoms with Gasteiger partial charge < -0.3 is 9.67 Å². The maximum atomic E-state index is 11.6. The lowest BCUT2D eigenvalue weighted by Crippen LogP contribution is -2.44. The van der Waals surface area contributed by atoms with Gasteiger partial charge in [0.05, 0.1) is 6.33 Å². The van der Waals surface area contributed by atoms with Crippen molar-refractivity contribution in [3.8, 4) is 0 Å². The maximum Gasteiger partial charge on any atom is 0.329 e. The monoisotopic (exact) mass is 236 g/mol. The van der Waals surface area contributed by atoms with Crippen molar-refractivity contribution in [2.45, 2.75) is 45.1 Å². The van der Waals surface area contributed by atoms with Crippen molar-refractivity contribution in [1.82, 2.24) is 9.55 Å². The fraction of sp³-hybridized carbons (Fsp3) is 0.692. The summed E-state index contributed by atoms with van der Waals surface area (Å²) in [4.78, 5) is 15.6. The third-order valence-corrected chi connectivity index (χ3v) is 4.20. The summed E-state index contributed by atoms with van der Waals surface area (Å²) < 4.78 is 1.77. The predicted octanol–water partition coefficient (Wildman–Crippen LogP) is 2.51. The molecule has 1 aliphatic rings. The molecule has 2 rings (SSSR count). The van der Waals surface area contributed by atoms with E-state index >= 15 is 0 Å². The van der Waals surface area contributed by atoms with Crippen LogP contribution in [0.15, 0.2) is 18.7 Å². The van der Waals surface area contributed by atoms with Gasteiger partial charge in [0.15, 0.2) is 0 Å². The lowest BCUT2D eigenvalue weighted by molar-refractivity contribution is -0.150. The Morgan fingerprint density at radius 1 is 1.47 bits per heavy atom. The van der Waals surface area contributed by atoms with Crippen LogP contribution in [-0.4, -0.2) is 20.6 Å². The van der Waals surface area contributed by atoms with Crippen LogP contribution in [0.1, 0.15) is 39.5 Å². The molecule has 1 aromatic rings. The Bertz CT molecular complexity index is 376. The number of aliphatic carboxylic acids is 1. The van der Waals surface area contributed by atoms with Crippen LogP contribution in [0.3, 0.4) is 0 Å². The minimum absolute atomic E-state index is 0.643. The zero-order valence-electron chi connectivity index (χ0n) is 10.5. The van der Waals surface area contributed by atoms with E-state index in [9.17, 15) is 9.90 Å². The van der Waals surface area contributed by atoms with Crippen molar-refractivity contribution < 1.29 is 9.90 Å². The third kappa shape index (κ3) is 2.08. The molecule has 0 amide bonds. The second-order valence-corrected chi connectivity index (χ2v) is 5.39. The van der Waals surface area contributed by atoms with Gasteiger partial charge in [0.2, 0.25) is 0 Å². The molecule has 17 heavy (non-hydrogen) atoms. The van der Waals surface area contributed by atoms with E-state index in [1.807, 2.05) is 0 Å². The molecular formula is C13H20N2O2. The second-order valence-electron chi connectivity index (χ2n) is 5.39. The largest absolute Gasteiger partial charge is 0.479 e. The minimum Gasteiger partial charge on any atom is -0.479 e. The molecule has 0 saturated heterocycles. The molecule has 1 N–H and O–H groups in total. The van der Waals surface area contributed by atoms with E-state index in [-0.39, 0.29) is 0 Å². The highest BCUT2D eigenvalue weighted by atomic mass is 16.4.